The topological polar surface area (TPSA) is 38.3 Å². The number of ether oxygens (including phenoxy) is 1. The third-order valence-corrected chi connectivity index (χ3v) is 4.17. The monoisotopic (exact) mass is 375 g/mol. The first kappa shape index (κ1) is 17.5. The summed E-state index contributed by atoms with van der Waals surface area (Å²) >= 11 is 3.50. The molecule has 2 aromatic rings. The molecule has 0 saturated carbocycles. The minimum atomic E-state index is -0.165. The van der Waals surface area contributed by atoms with E-state index in [9.17, 15) is 4.79 Å². The number of hydrogen-bond acceptors (Lipinski definition) is 2. The smallest absolute Gasteiger partial charge is 0.262 e. The molecule has 3 nitrogen and oxygen atoms in total. The van der Waals surface area contributed by atoms with Gasteiger partial charge in [-0.05, 0) is 65.5 Å². The number of carbonyl (C=O) groups excluding carboxylic acids is 1. The molecule has 0 radical (unpaired) electrons. The number of aryl methyl sites for hydroxylation is 3. The van der Waals surface area contributed by atoms with E-state index in [0.29, 0.717) is 5.75 Å². The molecule has 0 aliphatic heterocycles. The van der Waals surface area contributed by atoms with Crippen LogP contribution >= 0.6 is 15.9 Å². The average molecular weight is 376 g/mol. The van der Waals surface area contributed by atoms with Crippen molar-refractivity contribution in [2.45, 2.75) is 33.6 Å². The van der Waals surface area contributed by atoms with E-state index in [1.54, 1.807) is 0 Å². The maximum absolute atomic E-state index is 12.1. The molecule has 2 aromatic carbocycles. The SMILES string of the molecule is CCCc1ccc(OCC(=O)Nc2ccc(C)cc2C)c(Br)c1. The summed E-state index contributed by atoms with van der Waals surface area (Å²) < 4.78 is 6.49. The first-order valence-corrected chi connectivity index (χ1v) is 8.57. The van der Waals surface area contributed by atoms with E-state index >= 15 is 0 Å². The quantitative estimate of drug-likeness (QED) is 0.768. The van der Waals surface area contributed by atoms with Crippen LogP contribution in [-0.2, 0) is 11.2 Å². The average Bonchev–Trinajstić information content (AvgIpc) is 2.50. The fourth-order valence-corrected chi connectivity index (χ4v) is 2.93. The second-order valence-corrected chi connectivity index (χ2v) is 6.52. The van der Waals surface area contributed by atoms with Crippen molar-refractivity contribution in [2.75, 3.05) is 11.9 Å². The van der Waals surface area contributed by atoms with Crippen molar-refractivity contribution in [1.29, 1.82) is 0 Å². The lowest BCUT2D eigenvalue weighted by Crippen LogP contribution is -2.20. The molecule has 0 aliphatic carbocycles. The largest absolute Gasteiger partial charge is 0.483 e. The van der Waals surface area contributed by atoms with E-state index < -0.39 is 0 Å². The van der Waals surface area contributed by atoms with Crippen LogP contribution in [-0.4, -0.2) is 12.5 Å². The van der Waals surface area contributed by atoms with E-state index in [2.05, 4.69) is 28.2 Å². The molecule has 0 aromatic heterocycles. The molecule has 0 aliphatic rings. The molecule has 23 heavy (non-hydrogen) atoms. The lowest BCUT2D eigenvalue weighted by atomic mass is 10.1. The third kappa shape index (κ3) is 5.10. The summed E-state index contributed by atoms with van der Waals surface area (Å²) in [6.45, 7) is 6.14. The molecular formula is C19H22BrNO2. The lowest BCUT2D eigenvalue weighted by Gasteiger charge is -2.11. The minimum absolute atomic E-state index is 0.0148. The zero-order valence-corrected chi connectivity index (χ0v) is 15.4. The number of carbonyl (C=O) groups is 1. The Kier molecular flexibility index (Phi) is 6.22. The maximum Gasteiger partial charge on any atom is 0.262 e. The lowest BCUT2D eigenvalue weighted by molar-refractivity contribution is -0.118. The van der Waals surface area contributed by atoms with Gasteiger partial charge in [0.1, 0.15) is 5.75 Å². The molecule has 0 unspecified atom stereocenters. The van der Waals surface area contributed by atoms with Gasteiger partial charge in [-0.25, -0.2) is 0 Å². The van der Waals surface area contributed by atoms with Gasteiger partial charge < -0.3 is 10.1 Å². The molecule has 0 heterocycles. The molecule has 0 atom stereocenters. The van der Waals surface area contributed by atoms with Crippen LogP contribution in [0.3, 0.4) is 0 Å². The molecule has 0 fully saturated rings. The van der Waals surface area contributed by atoms with Crippen molar-refractivity contribution in [2.24, 2.45) is 0 Å². The molecule has 0 saturated heterocycles. The summed E-state index contributed by atoms with van der Waals surface area (Å²) in [5, 5.41) is 2.88. The summed E-state index contributed by atoms with van der Waals surface area (Å²) in [5.41, 5.74) is 4.30. The zero-order chi connectivity index (χ0) is 16.8. The molecule has 1 amide bonds. The van der Waals surface area contributed by atoms with Crippen molar-refractivity contribution in [3.05, 3.63) is 57.6 Å². The minimum Gasteiger partial charge on any atom is -0.483 e. The number of benzene rings is 2. The second kappa shape index (κ2) is 8.16. The van der Waals surface area contributed by atoms with Crippen LogP contribution in [0.25, 0.3) is 0 Å². The molecule has 1 N–H and O–H groups in total. The first-order chi connectivity index (χ1) is 11.0. The zero-order valence-electron chi connectivity index (χ0n) is 13.8. The van der Waals surface area contributed by atoms with Gasteiger partial charge in [-0.15, -0.1) is 0 Å². The Labute approximate surface area is 146 Å². The summed E-state index contributed by atoms with van der Waals surface area (Å²) in [5.74, 6) is 0.516. The van der Waals surface area contributed by atoms with Crippen LogP contribution < -0.4 is 10.1 Å². The van der Waals surface area contributed by atoms with Crippen LogP contribution in [0.15, 0.2) is 40.9 Å². The highest BCUT2D eigenvalue weighted by Crippen LogP contribution is 2.26. The Morgan fingerprint density at radius 3 is 2.61 bits per heavy atom. The van der Waals surface area contributed by atoms with Gasteiger partial charge in [-0.2, -0.15) is 0 Å². The normalized spacial score (nSPS) is 10.4. The summed E-state index contributed by atoms with van der Waals surface area (Å²) in [6.07, 6.45) is 2.14. The van der Waals surface area contributed by atoms with Gasteiger partial charge >= 0.3 is 0 Å². The van der Waals surface area contributed by atoms with Gasteiger partial charge in [0.2, 0.25) is 0 Å². The summed E-state index contributed by atoms with van der Waals surface area (Å²) in [4.78, 5) is 12.1. The van der Waals surface area contributed by atoms with Crippen molar-refractivity contribution in [1.82, 2.24) is 0 Å². The number of nitrogens with one attached hydrogen (secondary N) is 1. The van der Waals surface area contributed by atoms with Gasteiger partial charge in [-0.1, -0.05) is 37.1 Å². The van der Waals surface area contributed by atoms with Gasteiger partial charge in [0.15, 0.2) is 6.61 Å². The summed E-state index contributed by atoms with van der Waals surface area (Å²) in [7, 11) is 0. The highest BCUT2D eigenvalue weighted by atomic mass is 79.9. The number of rotatable bonds is 6. The summed E-state index contributed by atoms with van der Waals surface area (Å²) in [6, 6.07) is 11.9. The van der Waals surface area contributed by atoms with Crippen molar-refractivity contribution in [3.63, 3.8) is 0 Å². The third-order valence-electron chi connectivity index (χ3n) is 3.55. The predicted octanol–water partition coefficient (Wildman–Crippen LogP) is 5.04. The molecule has 4 heteroatoms. The maximum atomic E-state index is 12.1. The van der Waals surface area contributed by atoms with Gasteiger partial charge in [0, 0.05) is 5.69 Å². The number of halogens is 1. The van der Waals surface area contributed by atoms with E-state index in [0.717, 1.165) is 28.6 Å². The predicted molar refractivity (Wildman–Crippen MR) is 98.2 cm³/mol. The van der Waals surface area contributed by atoms with Gasteiger partial charge in [-0.3, -0.25) is 4.79 Å². The standard InChI is InChI=1S/C19H22BrNO2/c1-4-5-15-7-9-18(16(20)11-15)23-12-19(22)21-17-8-6-13(2)10-14(17)3/h6-11H,4-5,12H2,1-3H3,(H,21,22). The Morgan fingerprint density at radius 2 is 1.96 bits per heavy atom. The second-order valence-electron chi connectivity index (χ2n) is 5.67. The Bertz CT molecular complexity index is 698. The van der Waals surface area contributed by atoms with Crippen LogP contribution in [0, 0.1) is 13.8 Å². The van der Waals surface area contributed by atoms with Gasteiger partial charge in [0.05, 0.1) is 4.47 Å². The molecule has 0 bridgehead atoms. The highest BCUT2D eigenvalue weighted by molar-refractivity contribution is 9.10. The van der Waals surface area contributed by atoms with Crippen molar-refractivity contribution in [3.8, 4) is 5.75 Å². The highest BCUT2D eigenvalue weighted by Gasteiger charge is 2.08. The van der Waals surface area contributed by atoms with Crippen LogP contribution in [0.1, 0.15) is 30.0 Å². The molecule has 122 valence electrons. The number of anilines is 1. The van der Waals surface area contributed by atoms with Crippen LogP contribution in [0.5, 0.6) is 5.75 Å². The van der Waals surface area contributed by atoms with Crippen LogP contribution in [0.4, 0.5) is 5.69 Å². The number of amides is 1. The van der Waals surface area contributed by atoms with Crippen molar-refractivity contribution >= 4 is 27.5 Å². The number of hydrogen-bond donors (Lipinski definition) is 1. The van der Waals surface area contributed by atoms with E-state index in [4.69, 9.17) is 4.74 Å². The fourth-order valence-electron chi connectivity index (χ4n) is 2.39. The van der Waals surface area contributed by atoms with Gasteiger partial charge in [0.25, 0.3) is 5.91 Å². The fraction of sp³-hybridized carbons (Fsp3) is 0.316. The van der Waals surface area contributed by atoms with E-state index in [-0.39, 0.29) is 12.5 Å². The van der Waals surface area contributed by atoms with Crippen LogP contribution in [0.2, 0.25) is 0 Å². The van der Waals surface area contributed by atoms with Crippen molar-refractivity contribution < 1.29 is 9.53 Å². The molecule has 2 rings (SSSR count). The Morgan fingerprint density at radius 1 is 1.17 bits per heavy atom. The Hall–Kier alpha value is -1.81. The van der Waals surface area contributed by atoms with E-state index in [1.807, 2.05) is 50.2 Å². The molecule has 0 spiro atoms. The van der Waals surface area contributed by atoms with E-state index in [1.165, 1.54) is 11.1 Å². The molecular weight excluding hydrogens is 354 g/mol. The first-order valence-electron chi connectivity index (χ1n) is 7.78. The Balaban J connectivity index is 1.94.